The van der Waals surface area contributed by atoms with E-state index < -0.39 is 0 Å². The van der Waals surface area contributed by atoms with E-state index in [0.29, 0.717) is 12.1 Å². The number of ether oxygens (including phenoxy) is 1. The second-order valence-electron chi connectivity index (χ2n) is 3.64. The molecule has 2 fully saturated rings. The third-order valence-electron chi connectivity index (χ3n) is 2.86. The molecule has 2 aliphatic rings. The number of morpholine rings is 1. The lowest BCUT2D eigenvalue weighted by Crippen LogP contribution is -2.56. The lowest BCUT2D eigenvalue weighted by Gasteiger charge is -2.45. The maximum absolute atomic E-state index is 9.45. The number of fused-ring (bicyclic) bond motifs is 2. The van der Waals surface area contributed by atoms with Crippen LogP contribution < -0.4 is 0 Å². The third-order valence-corrected chi connectivity index (χ3v) is 2.86. The molecule has 2 bridgehead atoms. The Hall–Kier alpha value is -0.120. The van der Waals surface area contributed by atoms with Gasteiger partial charge in [-0.15, -0.1) is 0 Å². The first-order valence-corrected chi connectivity index (χ1v) is 4.25. The molecule has 0 aliphatic carbocycles. The Bertz CT molecular complexity index is 137. The standard InChI is InChI=1S/C8H15NO2/c1-9-6-2-8(10)3-7(9)5-11-4-6/h6-8,10H,2-5H2,1H3. The maximum Gasteiger partial charge on any atom is 0.0623 e. The minimum atomic E-state index is -0.0925. The van der Waals surface area contributed by atoms with E-state index in [9.17, 15) is 5.11 Å². The lowest BCUT2D eigenvalue weighted by molar-refractivity contribution is -0.0930. The van der Waals surface area contributed by atoms with Crippen LogP contribution in [-0.4, -0.2) is 48.5 Å². The molecule has 0 aromatic heterocycles. The molecule has 2 atom stereocenters. The molecule has 0 aromatic rings. The summed E-state index contributed by atoms with van der Waals surface area (Å²) in [5.74, 6) is 0. The molecular formula is C8H15NO2. The number of rotatable bonds is 0. The summed E-state index contributed by atoms with van der Waals surface area (Å²) in [6.07, 6.45) is 1.67. The van der Waals surface area contributed by atoms with Gasteiger partial charge in [-0.1, -0.05) is 0 Å². The van der Waals surface area contributed by atoms with Gasteiger partial charge in [0, 0.05) is 12.1 Å². The Labute approximate surface area is 66.9 Å². The van der Waals surface area contributed by atoms with Crippen LogP contribution in [0, 0.1) is 0 Å². The Kier molecular flexibility index (Phi) is 1.87. The lowest BCUT2D eigenvalue weighted by atomic mass is 9.93. The average molecular weight is 157 g/mol. The fourth-order valence-electron chi connectivity index (χ4n) is 2.07. The van der Waals surface area contributed by atoms with Gasteiger partial charge in [0.25, 0.3) is 0 Å². The van der Waals surface area contributed by atoms with Gasteiger partial charge in [-0.05, 0) is 19.9 Å². The second kappa shape index (κ2) is 2.73. The van der Waals surface area contributed by atoms with Crippen molar-refractivity contribution in [3.63, 3.8) is 0 Å². The van der Waals surface area contributed by atoms with Crippen molar-refractivity contribution in [2.75, 3.05) is 20.3 Å². The molecular weight excluding hydrogens is 142 g/mol. The van der Waals surface area contributed by atoms with Gasteiger partial charge in [0.1, 0.15) is 0 Å². The zero-order chi connectivity index (χ0) is 7.84. The Balaban J connectivity index is 2.07. The van der Waals surface area contributed by atoms with Crippen LogP contribution >= 0.6 is 0 Å². The molecule has 11 heavy (non-hydrogen) atoms. The number of piperidine rings is 1. The highest BCUT2D eigenvalue weighted by molar-refractivity contribution is 4.89. The highest BCUT2D eigenvalue weighted by atomic mass is 16.5. The van der Waals surface area contributed by atoms with E-state index in [1.54, 1.807) is 0 Å². The molecule has 1 N–H and O–H groups in total. The van der Waals surface area contributed by atoms with Crippen molar-refractivity contribution in [3.8, 4) is 0 Å². The quantitative estimate of drug-likeness (QED) is 0.530. The van der Waals surface area contributed by atoms with Crippen LogP contribution in [0.15, 0.2) is 0 Å². The number of nitrogens with zero attached hydrogens (tertiary/aromatic N) is 1. The van der Waals surface area contributed by atoms with E-state index in [1.807, 2.05) is 0 Å². The molecule has 3 nitrogen and oxygen atoms in total. The van der Waals surface area contributed by atoms with E-state index in [2.05, 4.69) is 11.9 Å². The van der Waals surface area contributed by atoms with Gasteiger partial charge in [-0.3, -0.25) is 4.90 Å². The normalized spacial score (nSPS) is 45.8. The molecule has 0 spiro atoms. The summed E-state index contributed by atoms with van der Waals surface area (Å²) in [5.41, 5.74) is 0. The molecule has 0 amide bonds. The molecule has 2 saturated heterocycles. The number of hydrogen-bond acceptors (Lipinski definition) is 3. The highest BCUT2D eigenvalue weighted by Crippen LogP contribution is 2.25. The molecule has 2 unspecified atom stereocenters. The summed E-state index contributed by atoms with van der Waals surface area (Å²) in [6, 6.07) is 0.912. The van der Waals surface area contributed by atoms with Crippen molar-refractivity contribution in [1.29, 1.82) is 0 Å². The first-order valence-electron chi connectivity index (χ1n) is 4.25. The van der Waals surface area contributed by atoms with Crippen molar-refractivity contribution in [1.82, 2.24) is 4.90 Å². The van der Waals surface area contributed by atoms with Crippen molar-refractivity contribution in [2.24, 2.45) is 0 Å². The van der Waals surface area contributed by atoms with Crippen LogP contribution in [0.5, 0.6) is 0 Å². The predicted octanol–water partition coefficient (Wildman–Crippen LogP) is -0.160. The van der Waals surface area contributed by atoms with Gasteiger partial charge in [-0.25, -0.2) is 0 Å². The Morgan fingerprint density at radius 1 is 1.27 bits per heavy atom. The van der Waals surface area contributed by atoms with Crippen molar-refractivity contribution >= 4 is 0 Å². The zero-order valence-electron chi connectivity index (χ0n) is 6.86. The van der Waals surface area contributed by atoms with Crippen LogP contribution in [0.25, 0.3) is 0 Å². The van der Waals surface area contributed by atoms with Crippen molar-refractivity contribution in [3.05, 3.63) is 0 Å². The zero-order valence-corrected chi connectivity index (χ0v) is 6.86. The summed E-state index contributed by atoms with van der Waals surface area (Å²) in [7, 11) is 2.13. The van der Waals surface area contributed by atoms with Crippen LogP contribution in [0.4, 0.5) is 0 Å². The van der Waals surface area contributed by atoms with Gasteiger partial charge in [-0.2, -0.15) is 0 Å². The van der Waals surface area contributed by atoms with Gasteiger partial charge < -0.3 is 9.84 Å². The maximum atomic E-state index is 9.45. The van der Waals surface area contributed by atoms with Gasteiger partial charge in [0.2, 0.25) is 0 Å². The monoisotopic (exact) mass is 157 g/mol. The number of hydrogen-bond donors (Lipinski definition) is 1. The van der Waals surface area contributed by atoms with Crippen LogP contribution in [-0.2, 0) is 4.74 Å². The number of likely N-dealkylation sites (N-methyl/N-ethyl adjacent to an activating group) is 1. The molecule has 3 heteroatoms. The van der Waals surface area contributed by atoms with Gasteiger partial charge in [0.15, 0.2) is 0 Å². The smallest absolute Gasteiger partial charge is 0.0623 e. The van der Waals surface area contributed by atoms with E-state index in [1.165, 1.54) is 0 Å². The molecule has 0 saturated carbocycles. The van der Waals surface area contributed by atoms with Gasteiger partial charge >= 0.3 is 0 Å². The summed E-state index contributed by atoms with van der Waals surface area (Å²) < 4.78 is 5.40. The van der Waals surface area contributed by atoms with E-state index in [0.717, 1.165) is 26.1 Å². The minimum Gasteiger partial charge on any atom is -0.393 e. The van der Waals surface area contributed by atoms with Crippen LogP contribution in [0.1, 0.15) is 12.8 Å². The summed E-state index contributed by atoms with van der Waals surface area (Å²) in [5, 5.41) is 9.45. The fraction of sp³-hybridized carbons (Fsp3) is 1.00. The van der Waals surface area contributed by atoms with Crippen molar-refractivity contribution in [2.45, 2.75) is 31.0 Å². The Morgan fingerprint density at radius 2 is 1.82 bits per heavy atom. The topological polar surface area (TPSA) is 32.7 Å². The highest BCUT2D eigenvalue weighted by Gasteiger charge is 2.35. The molecule has 2 rings (SSSR count). The van der Waals surface area contributed by atoms with E-state index in [4.69, 9.17) is 4.74 Å². The average Bonchev–Trinajstić information content (AvgIpc) is 1.92. The summed E-state index contributed by atoms with van der Waals surface area (Å²) in [4.78, 5) is 2.34. The van der Waals surface area contributed by atoms with Crippen LogP contribution in [0.3, 0.4) is 0 Å². The predicted molar refractivity (Wildman–Crippen MR) is 41.4 cm³/mol. The summed E-state index contributed by atoms with van der Waals surface area (Å²) in [6.45, 7) is 1.59. The minimum absolute atomic E-state index is 0.0925. The second-order valence-corrected chi connectivity index (χ2v) is 3.64. The van der Waals surface area contributed by atoms with E-state index >= 15 is 0 Å². The first kappa shape index (κ1) is 7.53. The SMILES string of the molecule is CN1C2COCC1CC(O)C2. The molecule has 64 valence electrons. The number of aliphatic hydroxyl groups is 1. The first-order chi connectivity index (χ1) is 5.27. The number of aliphatic hydroxyl groups excluding tert-OH is 1. The molecule has 2 aliphatic heterocycles. The fourth-order valence-corrected chi connectivity index (χ4v) is 2.07. The van der Waals surface area contributed by atoms with Crippen molar-refractivity contribution < 1.29 is 9.84 Å². The Morgan fingerprint density at radius 3 is 2.36 bits per heavy atom. The van der Waals surface area contributed by atoms with Gasteiger partial charge in [0.05, 0.1) is 19.3 Å². The molecule has 0 aromatic carbocycles. The largest absolute Gasteiger partial charge is 0.393 e. The molecule has 0 radical (unpaired) electrons. The summed E-state index contributed by atoms with van der Waals surface area (Å²) >= 11 is 0. The van der Waals surface area contributed by atoms with E-state index in [-0.39, 0.29) is 6.10 Å². The molecule has 2 heterocycles. The third kappa shape index (κ3) is 1.28. The van der Waals surface area contributed by atoms with Crippen LogP contribution in [0.2, 0.25) is 0 Å².